The van der Waals surface area contributed by atoms with Gasteiger partial charge in [-0.3, -0.25) is 4.79 Å². The highest BCUT2D eigenvalue weighted by molar-refractivity contribution is 14.1. The average molecular weight is 451 g/mol. The summed E-state index contributed by atoms with van der Waals surface area (Å²) in [7, 11) is 0. The average Bonchev–Trinajstić information content (AvgIpc) is 2.41. The molecule has 2 aromatic carbocycles. The molecular weight excluding hydrogens is 440 g/mol. The van der Waals surface area contributed by atoms with Crippen LogP contribution in [0.5, 0.6) is 0 Å². The first-order valence-corrected chi connectivity index (χ1v) is 8.09. The molecule has 0 bridgehead atoms. The van der Waals surface area contributed by atoms with E-state index in [0.717, 1.165) is 20.2 Å². The van der Waals surface area contributed by atoms with Crippen molar-refractivity contribution in [2.24, 2.45) is 0 Å². The van der Waals surface area contributed by atoms with E-state index in [0.29, 0.717) is 10.6 Å². The third-order valence-electron chi connectivity index (χ3n) is 2.51. The molecule has 0 spiro atoms. The van der Waals surface area contributed by atoms with Gasteiger partial charge in [0.1, 0.15) is 0 Å². The van der Waals surface area contributed by atoms with Crippen LogP contribution >= 0.6 is 50.1 Å². The predicted molar refractivity (Wildman–Crippen MR) is 91.2 cm³/mol. The van der Waals surface area contributed by atoms with E-state index in [1.807, 2.05) is 30.3 Å². The normalized spacial score (nSPS) is 10.3. The van der Waals surface area contributed by atoms with Crippen LogP contribution in [0.2, 0.25) is 5.02 Å². The van der Waals surface area contributed by atoms with Crippen LogP contribution in [0.15, 0.2) is 42.5 Å². The molecule has 0 aliphatic rings. The van der Waals surface area contributed by atoms with Crippen molar-refractivity contribution in [1.82, 2.24) is 0 Å². The van der Waals surface area contributed by atoms with Crippen molar-refractivity contribution in [3.63, 3.8) is 0 Å². The number of rotatable bonds is 3. The summed E-state index contributed by atoms with van der Waals surface area (Å²) in [5.74, 6) is -0.154. The Labute approximate surface area is 138 Å². The molecule has 0 radical (unpaired) electrons. The fourth-order valence-corrected chi connectivity index (χ4v) is 2.70. The molecule has 0 atom stereocenters. The van der Waals surface area contributed by atoms with E-state index in [1.165, 1.54) is 0 Å². The summed E-state index contributed by atoms with van der Waals surface area (Å²) in [6, 6.07) is 13.0. The van der Waals surface area contributed by atoms with Gasteiger partial charge >= 0.3 is 0 Å². The van der Waals surface area contributed by atoms with Crippen molar-refractivity contribution in [3.8, 4) is 0 Å². The SMILES string of the molecule is O=C(Nc1cccc(CBr)c1)c1cc(Cl)ccc1I. The summed E-state index contributed by atoms with van der Waals surface area (Å²) in [5.41, 5.74) is 2.47. The maximum absolute atomic E-state index is 12.2. The number of anilines is 1. The number of carbonyl (C=O) groups is 1. The number of amides is 1. The number of benzene rings is 2. The van der Waals surface area contributed by atoms with Crippen LogP contribution in [0.3, 0.4) is 0 Å². The zero-order valence-electron chi connectivity index (χ0n) is 9.79. The lowest BCUT2D eigenvalue weighted by Gasteiger charge is -2.08. The number of carbonyl (C=O) groups excluding carboxylic acids is 1. The maximum Gasteiger partial charge on any atom is 0.256 e. The first kappa shape index (κ1) is 14.8. The summed E-state index contributed by atoms with van der Waals surface area (Å²) in [6.45, 7) is 0. The molecule has 98 valence electrons. The van der Waals surface area contributed by atoms with Gasteiger partial charge in [0.25, 0.3) is 5.91 Å². The minimum absolute atomic E-state index is 0.154. The smallest absolute Gasteiger partial charge is 0.256 e. The maximum atomic E-state index is 12.2. The zero-order chi connectivity index (χ0) is 13.8. The summed E-state index contributed by atoms with van der Waals surface area (Å²) in [4.78, 5) is 12.2. The number of nitrogens with one attached hydrogen (secondary N) is 1. The van der Waals surface area contributed by atoms with Crippen LogP contribution in [0.1, 0.15) is 15.9 Å². The highest BCUT2D eigenvalue weighted by atomic mass is 127. The van der Waals surface area contributed by atoms with Crippen molar-refractivity contribution in [2.75, 3.05) is 5.32 Å². The molecule has 1 N–H and O–H groups in total. The van der Waals surface area contributed by atoms with Gasteiger partial charge in [-0.15, -0.1) is 0 Å². The Morgan fingerprint density at radius 3 is 2.79 bits per heavy atom. The van der Waals surface area contributed by atoms with E-state index in [-0.39, 0.29) is 5.91 Å². The number of hydrogen-bond acceptors (Lipinski definition) is 1. The molecule has 5 heteroatoms. The molecule has 0 unspecified atom stereocenters. The Morgan fingerprint density at radius 2 is 2.05 bits per heavy atom. The molecule has 0 heterocycles. The summed E-state index contributed by atoms with van der Waals surface area (Å²) in [6.07, 6.45) is 0. The molecule has 19 heavy (non-hydrogen) atoms. The van der Waals surface area contributed by atoms with Crippen LogP contribution in [0.25, 0.3) is 0 Å². The van der Waals surface area contributed by atoms with Gasteiger partial charge in [-0.1, -0.05) is 39.7 Å². The van der Waals surface area contributed by atoms with Gasteiger partial charge in [0, 0.05) is 19.6 Å². The second-order valence-electron chi connectivity index (χ2n) is 3.91. The van der Waals surface area contributed by atoms with Gasteiger partial charge in [0.2, 0.25) is 0 Å². The van der Waals surface area contributed by atoms with E-state index < -0.39 is 0 Å². The molecule has 0 fully saturated rings. The molecule has 0 saturated carbocycles. The minimum Gasteiger partial charge on any atom is -0.322 e. The van der Waals surface area contributed by atoms with Crippen molar-refractivity contribution >= 4 is 61.7 Å². The van der Waals surface area contributed by atoms with Crippen molar-refractivity contribution in [1.29, 1.82) is 0 Å². The summed E-state index contributed by atoms with van der Waals surface area (Å²) >= 11 is 11.4. The first-order valence-electron chi connectivity index (χ1n) is 5.51. The van der Waals surface area contributed by atoms with Gasteiger partial charge in [0.15, 0.2) is 0 Å². The second kappa shape index (κ2) is 6.72. The van der Waals surface area contributed by atoms with Crippen molar-refractivity contribution < 1.29 is 4.79 Å². The number of halogens is 3. The van der Waals surface area contributed by atoms with Crippen molar-refractivity contribution in [2.45, 2.75) is 5.33 Å². The van der Waals surface area contributed by atoms with E-state index in [2.05, 4.69) is 43.8 Å². The van der Waals surface area contributed by atoms with Gasteiger partial charge in [0.05, 0.1) is 5.56 Å². The third-order valence-corrected chi connectivity index (χ3v) is 4.34. The molecule has 2 aromatic rings. The minimum atomic E-state index is -0.154. The van der Waals surface area contributed by atoms with Crippen LogP contribution in [-0.2, 0) is 5.33 Å². The van der Waals surface area contributed by atoms with Gasteiger partial charge in [-0.25, -0.2) is 0 Å². The molecule has 0 saturated heterocycles. The molecule has 2 rings (SSSR count). The van der Waals surface area contributed by atoms with Crippen LogP contribution in [0.4, 0.5) is 5.69 Å². The fraction of sp³-hybridized carbons (Fsp3) is 0.0714. The highest BCUT2D eigenvalue weighted by Gasteiger charge is 2.11. The fourth-order valence-electron chi connectivity index (χ4n) is 1.60. The Morgan fingerprint density at radius 1 is 1.26 bits per heavy atom. The highest BCUT2D eigenvalue weighted by Crippen LogP contribution is 2.20. The Bertz CT molecular complexity index is 618. The van der Waals surface area contributed by atoms with Crippen LogP contribution < -0.4 is 5.32 Å². The molecule has 0 aromatic heterocycles. The van der Waals surface area contributed by atoms with E-state index >= 15 is 0 Å². The molecule has 0 aliphatic carbocycles. The predicted octanol–water partition coefficient (Wildman–Crippen LogP) is 5.09. The van der Waals surface area contributed by atoms with E-state index in [1.54, 1.807) is 12.1 Å². The number of alkyl halides is 1. The topological polar surface area (TPSA) is 29.1 Å². The largest absolute Gasteiger partial charge is 0.322 e. The lowest BCUT2D eigenvalue weighted by molar-refractivity contribution is 0.102. The van der Waals surface area contributed by atoms with Gasteiger partial charge in [-0.05, 0) is 58.5 Å². The second-order valence-corrected chi connectivity index (χ2v) is 6.07. The Balaban J connectivity index is 2.23. The van der Waals surface area contributed by atoms with Crippen LogP contribution in [-0.4, -0.2) is 5.91 Å². The van der Waals surface area contributed by atoms with Gasteiger partial charge < -0.3 is 5.32 Å². The first-order chi connectivity index (χ1) is 9.10. The summed E-state index contributed by atoms with van der Waals surface area (Å²) in [5, 5.41) is 4.19. The molecule has 1 amide bonds. The quantitative estimate of drug-likeness (QED) is 0.512. The standard InChI is InChI=1S/C14H10BrClINO/c15-8-9-2-1-3-11(6-9)18-14(19)12-7-10(16)4-5-13(12)17/h1-7H,8H2,(H,18,19). The van der Waals surface area contributed by atoms with Gasteiger partial charge in [-0.2, -0.15) is 0 Å². The monoisotopic (exact) mass is 449 g/mol. The van der Waals surface area contributed by atoms with Crippen LogP contribution in [0, 0.1) is 3.57 Å². The van der Waals surface area contributed by atoms with E-state index in [4.69, 9.17) is 11.6 Å². The zero-order valence-corrected chi connectivity index (χ0v) is 14.3. The lowest BCUT2D eigenvalue weighted by Crippen LogP contribution is -2.13. The van der Waals surface area contributed by atoms with E-state index in [9.17, 15) is 4.79 Å². The Hall–Kier alpha value is -0.590. The lowest BCUT2D eigenvalue weighted by atomic mass is 10.2. The third kappa shape index (κ3) is 3.94. The number of hydrogen-bond donors (Lipinski definition) is 1. The molecular formula is C14H10BrClINO. The summed E-state index contributed by atoms with van der Waals surface area (Å²) < 4.78 is 0.871. The van der Waals surface area contributed by atoms with Crippen molar-refractivity contribution in [3.05, 3.63) is 62.2 Å². The molecule has 0 aliphatic heterocycles. The Kier molecular flexibility index (Phi) is 5.24. The molecule has 2 nitrogen and oxygen atoms in total.